The van der Waals surface area contributed by atoms with Gasteiger partial charge in [0, 0.05) is 23.5 Å². The predicted octanol–water partition coefficient (Wildman–Crippen LogP) is 2.32. The normalized spacial score (nSPS) is 12.6. The molecule has 0 bridgehead atoms. The van der Waals surface area contributed by atoms with E-state index < -0.39 is 0 Å². The van der Waals surface area contributed by atoms with E-state index in [0.29, 0.717) is 11.3 Å². The van der Waals surface area contributed by atoms with Crippen LogP contribution < -0.4 is 10.6 Å². The number of carbonyl (C=O) groups excluding carboxylic acids is 1. The highest BCUT2D eigenvalue weighted by molar-refractivity contribution is 6.04. The average Bonchev–Trinajstić information content (AvgIpc) is 2.89. The summed E-state index contributed by atoms with van der Waals surface area (Å²) in [5, 5.41) is 24.7. The van der Waals surface area contributed by atoms with Crippen LogP contribution in [0.2, 0.25) is 0 Å². The first-order chi connectivity index (χ1) is 9.63. The molecule has 0 unspecified atom stereocenters. The summed E-state index contributed by atoms with van der Waals surface area (Å²) in [6, 6.07) is 9.69. The summed E-state index contributed by atoms with van der Waals surface area (Å²) in [5.41, 5.74) is 3.28. The van der Waals surface area contributed by atoms with Crippen LogP contribution in [-0.2, 0) is 6.42 Å². The molecule has 1 heterocycles. The van der Waals surface area contributed by atoms with Gasteiger partial charge in [-0.1, -0.05) is 0 Å². The van der Waals surface area contributed by atoms with Crippen LogP contribution in [0.4, 0.5) is 11.4 Å². The van der Waals surface area contributed by atoms with Crippen molar-refractivity contribution in [2.24, 2.45) is 0 Å². The van der Waals surface area contributed by atoms with Gasteiger partial charge in [0.1, 0.15) is 0 Å². The Bertz CT molecular complexity index is 683. The van der Waals surface area contributed by atoms with Crippen molar-refractivity contribution in [1.82, 2.24) is 0 Å². The number of hydrogen-bond acceptors (Lipinski definition) is 4. The van der Waals surface area contributed by atoms with Crippen LogP contribution in [0, 0.1) is 0 Å². The number of rotatable bonds is 2. The van der Waals surface area contributed by atoms with Crippen LogP contribution in [0.1, 0.15) is 15.9 Å². The van der Waals surface area contributed by atoms with Crippen molar-refractivity contribution >= 4 is 17.3 Å². The van der Waals surface area contributed by atoms with E-state index in [0.717, 1.165) is 18.7 Å². The molecule has 1 aliphatic heterocycles. The summed E-state index contributed by atoms with van der Waals surface area (Å²) in [5.74, 6) is -0.882. The molecule has 5 nitrogen and oxygen atoms in total. The molecule has 0 atom stereocenters. The fourth-order valence-corrected chi connectivity index (χ4v) is 2.25. The second kappa shape index (κ2) is 4.77. The molecule has 0 radical (unpaired) electrons. The van der Waals surface area contributed by atoms with Gasteiger partial charge in [0.15, 0.2) is 11.5 Å². The smallest absolute Gasteiger partial charge is 0.255 e. The fraction of sp³-hybridized carbons (Fsp3) is 0.133. The number of phenols is 2. The Kier molecular flexibility index (Phi) is 2.95. The molecule has 0 fully saturated rings. The number of amides is 1. The Balaban J connectivity index is 1.80. The second-order valence-electron chi connectivity index (χ2n) is 4.71. The number of carbonyl (C=O) groups is 1. The highest BCUT2D eigenvalue weighted by Gasteiger charge is 2.13. The Morgan fingerprint density at radius 2 is 1.95 bits per heavy atom. The van der Waals surface area contributed by atoms with Crippen molar-refractivity contribution in [2.45, 2.75) is 6.42 Å². The van der Waals surface area contributed by atoms with E-state index in [1.54, 1.807) is 0 Å². The number of fused-ring (bicyclic) bond motifs is 1. The van der Waals surface area contributed by atoms with Gasteiger partial charge in [0.2, 0.25) is 0 Å². The third kappa shape index (κ3) is 2.25. The maximum Gasteiger partial charge on any atom is 0.255 e. The van der Waals surface area contributed by atoms with Crippen LogP contribution in [0.25, 0.3) is 0 Å². The largest absolute Gasteiger partial charge is 0.504 e. The first-order valence-corrected chi connectivity index (χ1v) is 6.33. The summed E-state index contributed by atoms with van der Waals surface area (Å²) in [4.78, 5) is 12.1. The van der Waals surface area contributed by atoms with E-state index in [-0.39, 0.29) is 17.4 Å². The molecule has 1 aliphatic rings. The fourth-order valence-electron chi connectivity index (χ4n) is 2.25. The molecule has 0 saturated heterocycles. The van der Waals surface area contributed by atoms with Gasteiger partial charge in [0.05, 0.1) is 0 Å². The molecular weight excluding hydrogens is 256 g/mol. The molecule has 20 heavy (non-hydrogen) atoms. The summed E-state index contributed by atoms with van der Waals surface area (Å²) in [6.45, 7) is 0.915. The van der Waals surface area contributed by atoms with Gasteiger partial charge in [-0.05, 0) is 48.4 Å². The van der Waals surface area contributed by atoms with E-state index in [2.05, 4.69) is 10.6 Å². The van der Waals surface area contributed by atoms with Crippen molar-refractivity contribution in [3.8, 4) is 11.5 Å². The van der Waals surface area contributed by atoms with Crippen molar-refractivity contribution in [3.63, 3.8) is 0 Å². The average molecular weight is 270 g/mol. The first kappa shape index (κ1) is 12.3. The van der Waals surface area contributed by atoms with Crippen LogP contribution >= 0.6 is 0 Å². The molecule has 0 aliphatic carbocycles. The zero-order chi connectivity index (χ0) is 14.1. The maximum atomic E-state index is 12.1. The Morgan fingerprint density at radius 1 is 1.10 bits per heavy atom. The number of nitrogens with one attached hydrogen (secondary N) is 2. The van der Waals surface area contributed by atoms with Crippen LogP contribution in [0.3, 0.4) is 0 Å². The maximum absolute atomic E-state index is 12.1. The van der Waals surface area contributed by atoms with E-state index in [4.69, 9.17) is 0 Å². The van der Waals surface area contributed by atoms with Crippen LogP contribution in [0.5, 0.6) is 11.5 Å². The highest BCUT2D eigenvalue weighted by Crippen LogP contribution is 2.27. The summed E-state index contributed by atoms with van der Waals surface area (Å²) in [6.07, 6.45) is 0.943. The number of phenolic OH excluding ortho intramolecular Hbond substituents is 2. The van der Waals surface area contributed by atoms with Gasteiger partial charge in [-0.3, -0.25) is 4.79 Å². The topological polar surface area (TPSA) is 81.6 Å². The zero-order valence-corrected chi connectivity index (χ0v) is 10.7. The van der Waals surface area contributed by atoms with Gasteiger partial charge in [-0.25, -0.2) is 0 Å². The summed E-state index contributed by atoms with van der Waals surface area (Å²) < 4.78 is 0. The lowest BCUT2D eigenvalue weighted by Gasteiger charge is -2.08. The standard InChI is InChI=1S/C15H14N2O3/c18-13-4-1-10(8-14(13)19)15(20)17-11-2-3-12-9(7-11)5-6-16-12/h1-4,7-8,16,18-19H,5-6H2,(H,17,20). The summed E-state index contributed by atoms with van der Waals surface area (Å²) >= 11 is 0. The molecular formula is C15H14N2O3. The Hall–Kier alpha value is -2.69. The van der Waals surface area contributed by atoms with Gasteiger partial charge >= 0.3 is 0 Å². The van der Waals surface area contributed by atoms with E-state index in [9.17, 15) is 15.0 Å². The number of anilines is 2. The van der Waals surface area contributed by atoms with Crippen molar-refractivity contribution in [1.29, 1.82) is 0 Å². The first-order valence-electron chi connectivity index (χ1n) is 6.33. The van der Waals surface area contributed by atoms with E-state index in [1.165, 1.54) is 23.8 Å². The zero-order valence-electron chi connectivity index (χ0n) is 10.7. The van der Waals surface area contributed by atoms with Gasteiger partial charge in [-0.15, -0.1) is 0 Å². The SMILES string of the molecule is O=C(Nc1ccc2c(c1)CCN2)c1ccc(O)c(O)c1. The molecule has 4 N–H and O–H groups in total. The lowest BCUT2D eigenvalue weighted by molar-refractivity contribution is 0.102. The molecule has 0 saturated carbocycles. The van der Waals surface area contributed by atoms with Crippen molar-refractivity contribution in [2.75, 3.05) is 17.2 Å². The number of aromatic hydroxyl groups is 2. The third-order valence-corrected chi connectivity index (χ3v) is 3.31. The summed E-state index contributed by atoms with van der Waals surface area (Å²) in [7, 11) is 0. The molecule has 102 valence electrons. The Morgan fingerprint density at radius 3 is 2.75 bits per heavy atom. The molecule has 2 aromatic rings. The van der Waals surface area contributed by atoms with E-state index >= 15 is 0 Å². The predicted molar refractivity (Wildman–Crippen MR) is 76.4 cm³/mol. The van der Waals surface area contributed by atoms with Crippen molar-refractivity contribution < 1.29 is 15.0 Å². The lowest BCUT2D eigenvalue weighted by atomic mass is 10.1. The molecule has 0 aromatic heterocycles. The minimum Gasteiger partial charge on any atom is -0.504 e. The highest BCUT2D eigenvalue weighted by atomic mass is 16.3. The van der Waals surface area contributed by atoms with Gasteiger partial charge < -0.3 is 20.8 Å². The van der Waals surface area contributed by atoms with Crippen LogP contribution in [0.15, 0.2) is 36.4 Å². The minimum atomic E-state index is -0.328. The quantitative estimate of drug-likeness (QED) is 0.631. The van der Waals surface area contributed by atoms with Gasteiger partial charge in [0.25, 0.3) is 5.91 Å². The molecule has 5 heteroatoms. The monoisotopic (exact) mass is 270 g/mol. The minimum absolute atomic E-state index is 0.245. The molecule has 0 spiro atoms. The van der Waals surface area contributed by atoms with E-state index in [1.807, 2.05) is 18.2 Å². The van der Waals surface area contributed by atoms with Crippen molar-refractivity contribution in [3.05, 3.63) is 47.5 Å². The molecule has 2 aromatic carbocycles. The lowest BCUT2D eigenvalue weighted by Crippen LogP contribution is -2.11. The van der Waals surface area contributed by atoms with Crippen LogP contribution in [-0.4, -0.2) is 22.7 Å². The Labute approximate surface area is 115 Å². The molecule has 3 rings (SSSR count). The van der Waals surface area contributed by atoms with Gasteiger partial charge in [-0.2, -0.15) is 0 Å². The number of hydrogen-bond donors (Lipinski definition) is 4. The third-order valence-electron chi connectivity index (χ3n) is 3.31. The second-order valence-corrected chi connectivity index (χ2v) is 4.71. The molecule has 1 amide bonds. The number of benzene rings is 2.